The highest BCUT2D eigenvalue weighted by atomic mass is 14.3. The molecule has 141 valence electrons. The van der Waals surface area contributed by atoms with Crippen LogP contribution in [0.4, 0.5) is 0 Å². The molecule has 2 aromatic rings. The predicted octanol–water partition coefficient (Wildman–Crippen LogP) is 7.73. The van der Waals surface area contributed by atoms with Gasteiger partial charge in [-0.2, -0.15) is 0 Å². The zero-order chi connectivity index (χ0) is 19.2. The fourth-order valence-corrected chi connectivity index (χ4v) is 4.01. The lowest BCUT2D eigenvalue weighted by atomic mass is 9.69. The van der Waals surface area contributed by atoms with Crippen LogP contribution in [0.5, 0.6) is 0 Å². The molecule has 0 N–H and O–H groups in total. The second-order valence-corrected chi connectivity index (χ2v) is 8.71. The lowest BCUT2D eigenvalue weighted by molar-refractivity contribution is 0.266. The van der Waals surface area contributed by atoms with Crippen molar-refractivity contribution in [3.05, 3.63) is 77.7 Å². The smallest absolute Gasteiger partial charge is 0.0107 e. The van der Waals surface area contributed by atoms with Crippen LogP contribution in [0.25, 0.3) is 0 Å². The highest BCUT2D eigenvalue weighted by molar-refractivity contribution is 5.30. The fourth-order valence-electron chi connectivity index (χ4n) is 4.01. The zero-order valence-electron chi connectivity index (χ0n) is 17.5. The molecule has 0 fully saturated rings. The first-order valence-corrected chi connectivity index (χ1v) is 10.3. The maximum atomic E-state index is 4.07. The number of benzene rings is 2. The van der Waals surface area contributed by atoms with Gasteiger partial charge in [0.2, 0.25) is 0 Å². The van der Waals surface area contributed by atoms with Crippen LogP contribution in [-0.2, 0) is 12.8 Å². The average Bonchev–Trinajstić information content (AvgIpc) is 2.62. The molecule has 2 aromatic carbocycles. The number of aryl methyl sites for hydroxylation is 1. The average molecular weight is 350 g/mol. The minimum absolute atomic E-state index is 0.224. The third-order valence-electron chi connectivity index (χ3n) is 5.78. The van der Waals surface area contributed by atoms with Gasteiger partial charge in [0.15, 0.2) is 0 Å². The van der Waals surface area contributed by atoms with Crippen LogP contribution in [0, 0.1) is 12.3 Å². The first-order valence-electron chi connectivity index (χ1n) is 10.3. The van der Waals surface area contributed by atoms with Crippen molar-refractivity contribution in [2.75, 3.05) is 0 Å². The summed E-state index contributed by atoms with van der Waals surface area (Å²) >= 11 is 0. The molecule has 0 saturated heterocycles. The van der Waals surface area contributed by atoms with E-state index in [1.165, 1.54) is 35.1 Å². The van der Waals surface area contributed by atoms with Gasteiger partial charge in [-0.25, -0.2) is 0 Å². The minimum atomic E-state index is 0.224. The standard InChI is InChI=1S/C26H37/c1-7-9-10-25(24-17-15-23(16-18-24)20(3)4)26(5,6)19-22-13-11-21(8-2)12-14-22/h11-18,20,25H,1,7-10,19H2,2-6H3. The fraction of sp³-hybridized carbons (Fsp3) is 0.500. The Bertz CT molecular complexity index is 643. The second-order valence-electron chi connectivity index (χ2n) is 8.71. The van der Waals surface area contributed by atoms with E-state index in [0.717, 1.165) is 19.3 Å². The van der Waals surface area contributed by atoms with Crippen molar-refractivity contribution in [2.24, 2.45) is 5.41 Å². The SMILES string of the molecule is [CH2]CCCC(c1ccc(C(C)C)cc1)C(C)(C)Cc1ccc(CC)cc1. The Hall–Kier alpha value is -1.56. The molecule has 0 spiro atoms. The minimum Gasteiger partial charge on any atom is -0.0613 e. The van der Waals surface area contributed by atoms with E-state index >= 15 is 0 Å². The monoisotopic (exact) mass is 349 g/mol. The summed E-state index contributed by atoms with van der Waals surface area (Å²) in [6.07, 6.45) is 5.64. The van der Waals surface area contributed by atoms with Crippen LogP contribution in [-0.4, -0.2) is 0 Å². The summed E-state index contributed by atoms with van der Waals surface area (Å²) < 4.78 is 0. The Labute approximate surface area is 162 Å². The van der Waals surface area contributed by atoms with Crippen molar-refractivity contribution >= 4 is 0 Å². The highest BCUT2D eigenvalue weighted by Gasteiger charge is 2.30. The zero-order valence-corrected chi connectivity index (χ0v) is 17.5. The first-order chi connectivity index (χ1) is 12.4. The van der Waals surface area contributed by atoms with E-state index in [1.807, 2.05) is 0 Å². The lowest BCUT2D eigenvalue weighted by Gasteiger charge is -2.35. The van der Waals surface area contributed by atoms with Crippen LogP contribution >= 0.6 is 0 Å². The quantitative estimate of drug-likeness (QED) is 0.434. The molecular weight excluding hydrogens is 312 g/mol. The summed E-state index contributed by atoms with van der Waals surface area (Å²) in [4.78, 5) is 0. The largest absolute Gasteiger partial charge is 0.0613 e. The van der Waals surface area contributed by atoms with Gasteiger partial charge in [0.1, 0.15) is 0 Å². The van der Waals surface area contributed by atoms with E-state index in [-0.39, 0.29) is 5.41 Å². The molecule has 0 nitrogen and oxygen atoms in total. The normalized spacial score (nSPS) is 13.2. The van der Waals surface area contributed by atoms with E-state index in [2.05, 4.69) is 90.1 Å². The van der Waals surface area contributed by atoms with Gasteiger partial charge >= 0.3 is 0 Å². The van der Waals surface area contributed by atoms with Crippen molar-refractivity contribution in [3.63, 3.8) is 0 Å². The van der Waals surface area contributed by atoms with Crippen LogP contribution in [0.3, 0.4) is 0 Å². The summed E-state index contributed by atoms with van der Waals surface area (Å²) in [5.41, 5.74) is 6.01. The van der Waals surface area contributed by atoms with Gasteiger partial charge in [-0.1, -0.05) is 103 Å². The molecule has 0 amide bonds. The number of hydrogen-bond donors (Lipinski definition) is 0. The van der Waals surface area contributed by atoms with Gasteiger partial charge in [-0.05, 0) is 58.8 Å². The molecule has 1 radical (unpaired) electrons. The summed E-state index contributed by atoms with van der Waals surface area (Å²) in [7, 11) is 0. The first kappa shape index (κ1) is 20.7. The third kappa shape index (κ3) is 5.47. The summed E-state index contributed by atoms with van der Waals surface area (Å²) in [5, 5.41) is 0. The maximum absolute atomic E-state index is 4.07. The molecule has 1 unspecified atom stereocenters. The van der Waals surface area contributed by atoms with Crippen molar-refractivity contribution in [3.8, 4) is 0 Å². The molecule has 0 heterocycles. The van der Waals surface area contributed by atoms with Crippen LogP contribution in [0.15, 0.2) is 48.5 Å². The van der Waals surface area contributed by atoms with Gasteiger partial charge in [-0.15, -0.1) is 0 Å². The molecular formula is C26H37. The molecule has 2 rings (SSSR count). The van der Waals surface area contributed by atoms with Gasteiger partial charge in [0.25, 0.3) is 0 Å². The Morgan fingerprint density at radius 3 is 1.88 bits per heavy atom. The molecule has 0 aliphatic heterocycles. The Balaban J connectivity index is 2.24. The molecule has 0 bridgehead atoms. The molecule has 0 aliphatic carbocycles. The third-order valence-corrected chi connectivity index (χ3v) is 5.78. The van der Waals surface area contributed by atoms with Gasteiger partial charge in [-0.3, -0.25) is 0 Å². The van der Waals surface area contributed by atoms with E-state index in [0.29, 0.717) is 11.8 Å². The lowest BCUT2D eigenvalue weighted by Crippen LogP contribution is -2.25. The summed E-state index contributed by atoms with van der Waals surface area (Å²) in [5.74, 6) is 1.16. The number of hydrogen-bond acceptors (Lipinski definition) is 0. The van der Waals surface area contributed by atoms with Crippen molar-refractivity contribution < 1.29 is 0 Å². The predicted molar refractivity (Wildman–Crippen MR) is 116 cm³/mol. The molecule has 0 heteroatoms. The Kier molecular flexibility index (Phi) is 7.50. The van der Waals surface area contributed by atoms with E-state index in [1.54, 1.807) is 0 Å². The van der Waals surface area contributed by atoms with Crippen molar-refractivity contribution in [1.29, 1.82) is 0 Å². The second kappa shape index (κ2) is 9.40. The molecule has 0 saturated carbocycles. The Morgan fingerprint density at radius 1 is 0.846 bits per heavy atom. The Morgan fingerprint density at radius 2 is 1.38 bits per heavy atom. The molecule has 1 atom stereocenters. The van der Waals surface area contributed by atoms with Crippen molar-refractivity contribution in [1.82, 2.24) is 0 Å². The summed E-state index contributed by atoms with van der Waals surface area (Å²) in [6.45, 7) is 15.7. The number of rotatable bonds is 9. The van der Waals surface area contributed by atoms with Crippen LogP contribution in [0.1, 0.15) is 88.0 Å². The van der Waals surface area contributed by atoms with E-state index in [4.69, 9.17) is 0 Å². The van der Waals surface area contributed by atoms with Gasteiger partial charge in [0.05, 0.1) is 0 Å². The van der Waals surface area contributed by atoms with Gasteiger partial charge in [0, 0.05) is 0 Å². The van der Waals surface area contributed by atoms with E-state index in [9.17, 15) is 0 Å². The molecule has 0 aliphatic rings. The topological polar surface area (TPSA) is 0 Å². The van der Waals surface area contributed by atoms with Gasteiger partial charge < -0.3 is 0 Å². The van der Waals surface area contributed by atoms with E-state index < -0.39 is 0 Å². The summed E-state index contributed by atoms with van der Waals surface area (Å²) in [6, 6.07) is 18.6. The maximum Gasteiger partial charge on any atom is -0.0107 e. The van der Waals surface area contributed by atoms with Crippen LogP contribution < -0.4 is 0 Å². The van der Waals surface area contributed by atoms with Crippen molar-refractivity contribution in [2.45, 2.75) is 78.6 Å². The van der Waals surface area contributed by atoms with Crippen LogP contribution in [0.2, 0.25) is 0 Å². The molecule has 0 aromatic heterocycles. The highest BCUT2D eigenvalue weighted by Crippen LogP contribution is 2.42. The number of unbranched alkanes of at least 4 members (excludes halogenated alkanes) is 1. The molecule has 26 heavy (non-hydrogen) atoms.